The molecule has 81 heavy (non-hydrogen) atoms. The third-order valence-electron chi connectivity index (χ3n) is 13.1. The standard InChI is InChI=1S/C55H80N12O14/c1-6-33(4)47(66-44(70)31-67-27-12-8-11-17-43(69)60-41(29-34-14-9-7-10-15-34)51(78)63-39(54(67)81)23-25-46(73)74)53(80)65-42(30-35-18-20-36(68)21-19-35)52(79)61-37(16-13-26-59-55(56)57)49(76)64-40(28-32(2)3)50(77)62-38(48(75)58-5)22-24-45(71)72/h7-10,12,14-15,18-21,32-33,37-42,47,68H,6,11,13,16-17,22-31H2,1-5H3,(H,58,75)(H,60,69)(H,61,79)(H,62,77)(H,63,78)(H,64,76)(H,65,80)(H,66,70)(H,71,72)(H,73,74)(H4,56,57,59)/b12-8-/t33?,37-,38-,39-,40-,41-,42-,47-/m0/s1. The lowest BCUT2D eigenvalue weighted by Gasteiger charge is -2.30. The Balaban J connectivity index is 1.98. The van der Waals surface area contributed by atoms with Gasteiger partial charge in [-0.25, -0.2) is 0 Å². The molecule has 1 aliphatic rings. The molecule has 1 heterocycles. The van der Waals surface area contributed by atoms with Crippen molar-refractivity contribution in [2.75, 3.05) is 26.7 Å². The summed E-state index contributed by atoms with van der Waals surface area (Å²) >= 11 is 0. The molecule has 0 radical (unpaired) electrons. The number of phenolic OH excluding ortho intramolecular Hbond substituents is 1. The quantitative estimate of drug-likeness (QED) is 0.0200. The molecule has 0 saturated carbocycles. The van der Waals surface area contributed by atoms with Crippen LogP contribution in [0.5, 0.6) is 5.75 Å². The normalized spacial score (nSPS) is 17.5. The topological polar surface area (TPSA) is 412 Å². The van der Waals surface area contributed by atoms with Gasteiger partial charge in [0.15, 0.2) is 5.96 Å². The number of carboxylic acids is 2. The van der Waals surface area contributed by atoms with Gasteiger partial charge in [-0.1, -0.05) is 88.7 Å². The molecule has 0 aromatic heterocycles. The Kier molecular flexibility index (Phi) is 28.4. The van der Waals surface area contributed by atoms with E-state index < -0.39 is 133 Å². The summed E-state index contributed by atoms with van der Waals surface area (Å²) in [6, 6.07) is 5.10. The van der Waals surface area contributed by atoms with E-state index in [1.807, 2.05) is 0 Å². The molecule has 2 aromatic rings. The predicted molar refractivity (Wildman–Crippen MR) is 297 cm³/mol. The zero-order valence-electron chi connectivity index (χ0n) is 46.5. The molecule has 0 fully saturated rings. The smallest absolute Gasteiger partial charge is 0.303 e. The number of nitrogens with zero attached hydrogens (tertiary/aromatic N) is 2. The molecular weight excluding hydrogens is 1050 g/mol. The Bertz CT molecular complexity index is 2540. The molecule has 444 valence electrons. The largest absolute Gasteiger partial charge is 0.508 e. The fourth-order valence-corrected chi connectivity index (χ4v) is 8.55. The lowest BCUT2D eigenvalue weighted by molar-refractivity contribution is -0.142. The number of carbonyl (C=O) groups excluding carboxylic acids is 9. The van der Waals surface area contributed by atoms with Gasteiger partial charge in [0, 0.05) is 52.2 Å². The summed E-state index contributed by atoms with van der Waals surface area (Å²) in [6.07, 6.45) is 1.92. The van der Waals surface area contributed by atoms with Gasteiger partial charge < -0.3 is 74.2 Å². The average Bonchev–Trinajstić information content (AvgIpc) is 3.42. The SMILES string of the molecule is CCC(C)[C@H](NC(=O)CN1C/C=C\CCC(=O)N[C@@H](Cc2ccccc2)C(=O)N[C@@H](CCC(=O)O)C1=O)C(=O)N[C@@H](Cc1ccc(O)cc1)C(=O)N[C@@H](CCCN=C(N)N)C(=O)N[C@@H](CC(C)C)C(=O)N[C@@H](CCC(=O)O)C(=O)NC. The summed E-state index contributed by atoms with van der Waals surface area (Å²) in [6.45, 7) is 6.07. The number of aromatic hydroxyl groups is 1. The highest BCUT2D eigenvalue weighted by Gasteiger charge is 2.36. The average molecular weight is 1130 g/mol. The fourth-order valence-electron chi connectivity index (χ4n) is 8.55. The first-order valence-corrected chi connectivity index (χ1v) is 27.0. The molecule has 0 spiro atoms. The number of benzene rings is 2. The Morgan fingerprint density at radius 3 is 1.93 bits per heavy atom. The van der Waals surface area contributed by atoms with Crippen LogP contribution in [-0.4, -0.2) is 160 Å². The molecule has 0 saturated heterocycles. The van der Waals surface area contributed by atoms with E-state index in [9.17, 15) is 68.1 Å². The molecule has 15 N–H and O–H groups in total. The molecule has 3 rings (SSSR count). The number of aliphatic carboxylic acids is 2. The summed E-state index contributed by atoms with van der Waals surface area (Å²) in [5, 5.41) is 49.9. The van der Waals surface area contributed by atoms with Gasteiger partial charge in [0.1, 0.15) is 48.0 Å². The fraction of sp³-hybridized carbons (Fsp3) is 0.527. The van der Waals surface area contributed by atoms with Gasteiger partial charge in [-0.2, -0.15) is 0 Å². The first kappa shape index (κ1) is 66.7. The Labute approximate surface area is 470 Å². The molecule has 26 nitrogen and oxygen atoms in total. The van der Waals surface area contributed by atoms with Crippen molar-refractivity contribution in [3.63, 3.8) is 0 Å². The van der Waals surface area contributed by atoms with Crippen LogP contribution in [0.15, 0.2) is 71.7 Å². The van der Waals surface area contributed by atoms with Gasteiger partial charge in [-0.3, -0.25) is 57.7 Å². The Hall–Kier alpha value is -8.58. The number of guanidine groups is 1. The Morgan fingerprint density at radius 2 is 1.32 bits per heavy atom. The lowest BCUT2D eigenvalue weighted by Crippen LogP contribution is -2.60. The van der Waals surface area contributed by atoms with Crippen LogP contribution in [0.3, 0.4) is 0 Å². The number of nitrogens with two attached hydrogens (primary N) is 2. The number of rotatable bonds is 30. The van der Waals surface area contributed by atoms with E-state index in [0.29, 0.717) is 17.5 Å². The molecular formula is C55H80N12O14. The molecule has 26 heteroatoms. The number of hydrogen-bond donors (Lipinski definition) is 13. The maximum absolute atomic E-state index is 14.6. The molecule has 9 amide bonds. The number of nitrogens with one attached hydrogen (secondary N) is 8. The minimum atomic E-state index is -1.48. The maximum Gasteiger partial charge on any atom is 0.303 e. The van der Waals surface area contributed by atoms with E-state index in [1.165, 1.54) is 31.3 Å². The highest BCUT2D eigenvalue weighted by atomic mass is 16.4. The molecule has 8 atom stereocenters. The maximum atomic E-state index is 14.6. The highest BCUT2D eigenvalue weighted by Crippen LogP contribution is 2.16. The van der Waals surface area contributed by atoms with E-state index in [4.69, 9.17) is 11.5 Å². The second-order valence-electron chi connectivity index (χ2n) is 20.2. The van der Waals surface area contributed by atoms with Crippen LogP contribution in [0.25, 0.3) is 0 Å². The number of phenols is 1. The second kappa shape index (κ2) is 34.4. The second-order valence-corrected chi connectivity index (χ2v) is 20.2. The van der Waals surface area contributed by atoms with E-state index in [-0.39, 0.29) is 88.5 Å². The minimum Gasteiger partial charge on any atom is -0.508 e. The van der Waals surface area contributed by atoms with Crippen LogP contribution in [-0.2, 0) is 65.6 Å². The van der Waals surface area contributed by atoms with Crippen molar-refractivity contribution >= 4 is 71.1 Å². The van der Waals surface area contributed by atoms with Gasteiger partial charge in [0.05, 0.1) is 6.54 Å². The molecule has 0 aliphatic carbocycles. The van der Waals surface area contributed by atoms with Crippen LogP contribution in [0, 0.1) is 11.8 Å². The summed E-state index contributed by atoms with van der Waals surface area (Å²) in [5.74, 6) is -10.5. The first-order chi connectivity index (χ1) is 38.4. The molecule has 2 aromatic carbocycles. The summed E-state index contributed by atoms with van der Waals surface area (Å²) in [7, 11) is 1.31. The van der Waals surface area contributed by atoms with Crippen LogP contribution in [0.2, 0.25) is 0 Å². The number of carbonyl (C=O) groups is 11. The van der Waals surface area contributed by atoms with E-state index in [0.717, 1.165) is 4.90 Å². The van der Waals surface area contributed by atoms with Crippen molar-refractivity contribution in [3.8, 4) is 5.75 Å². The minimum absolute atomic E-state index is 0.0177. The van der Waals surface area contributed by atoms with Crippen molar-refractivity contribution in [1.82, 2.24) is 47.4 Å². The van der Waals surface area contributed by atoms with Gasteiger partial charge in [0.2, 0.25) is 53.2 Å². The summed E-state index contributed by atoms with van der Waals surface area (Å²) < 4.78 is 0. The third-order valence-corrected chi connectivity index (χ3v) is 13.1. The number of carboxylic acid groups (broad SMARTS) is 2. The number of amides is 9. The number of likely N-dealkylation sites (N-methyl/N-ethyl adjacent to an activating group) is 1. The zero-order chi connectivity index (χ0) is 60.2. The van der Waals surface area contributed by atoms with Crippen molar-refractivity contribution in [3.05, 3.63) is 77.9 Å². The van der Waals surface area contributed by atoms with Gasteiger partial charge in [0.25, 0.3) is 0 Å². The van der Waals surface area contributed by atoms with E-state index >= 15 is 0 Å². The van der Waals surface area contributed by atoms with Gasteiger partial charge in [-0.05, 0) is 73.6 Å². The lowest BCUT2D eigenvalue weighted by atomic mass is 9.97. The third kappa shape index (κ3) is 24.5. The highest BCUT2D eigenvalue weighted by molar-refractivity contribution is 5.98. The van der Waals surface area contributed by atoms with Crippen LogP contribution >= 0.6 is 0 Å². The summed E-state index contributed by atoms with van der Waals surface area (Å²) in [5.41, 5.74) is 12.2. The Morgan fingerprint density at radius 1 is 0.716 bits per heavy atom. The predicted octanol–water partition coefficient (Wildman–Crippen LogP) is -0.629. The summed E-state index contributed by atoms with van der Waals surface area (Å²) in [4.78, 5) is 154. The van der Waals surface area contributed by atoms with E-state index in [1.54, 1.807) is 70.2 Å². The van der Waals surface area contributed by atoms with E-state index in [2.05, 4.69) is 47.5 Å². The van der Waals surface area contributed by atoms with Gasteiger partial charge >= 0.3 is 11.9 Å². The van der Waals surface area contributed by atoms with Crippen molar-refractivity contribution in [1.29, 1.82) is 0 Å². The zero-order valence-corrected chi connectivity index (χ0v) is 46.5. The molecule has 1 unspecified atom stereocenters. The van der Waals surface area contributed by atoms with Gasteiger partial charge in [-0.15, -0.1) is 0 Å². The van der Waals surface area contributed by atoms with Crippen molar-refractivity contribution < 1.29 is 68.1 Å². The number of allylic oxidation sites excluding steroid dienone is 1. The van der Waals surface area contributed by atoms with Crippen LogP contribution < -0.4 is 54.0 Å². The first-order valence-electron chi connectivity index (χ1n) is 27.0. The van der Waals surface area contributed by atoms with Crippen molar-refractivity contribution in [2.24, 2.45) is 28.3 Å². The monoisotopic (exact) mass is 1130 g/mol. The van der Waals surface area contributed by atoms with Crippen LogP contribution in [0.4, 0.5) is 0 Å². The van der Waals surface area contributed by atoms with Crippen LogP contribution in [0.1, 0.15) is 103 Å². The van der Waals surface area contributed by atoms with Crippen molar-refractivity contribution in [2.45, 2.75) is 147 Å². The molecule has 1 aliphatic heterocycles. The molecule has 0 bridgehead atoms. The number of aliphatic imine (C=N–C) groups is 1. The number of hydrogen-bond acceptors (Lipinski definition) is 13.